The Bertz CT molecular complexity index is 1280. The van der Waals surface area contributed by atoms with E-state index in [-0.39, 0.29) is 42.6 Å². The molecule has 1 saturated heterocycles. The smallest absolute Gasteiger partial charge is 0.259 e. The summed E-state index contributed by atoms with van der Waals surface area (Å²) in [5, 5.41) is 3.52. The highest BCUT2D eigenvalue weighted by Gasteiger charge is 2.20. The van der Waals surface area contributed by atoms with Gasteiger partial charge in [-0.2, -0.15) is 0 Å². The summed E-state index contributed by atoms with van der Waals surface area (Å²) in [5.41, 5.74) is 5.15. The number of hydrogen-bond acceptors (Lipinski definition) is 9. The van der Waals surface area contributed by atoms with Gasteiger partial charge in [-0.05, 0) is 32.0 Å². The van der Waals surface area contributed by atoms with Crippen molar-refractivity contribution in [1.29, 1.82) is 0 Å². The first-order chi connectivity index (χ1) is 17.8. The molecule has 3 N–H and O–H groups in total. The average molecular weight is 512 g/mol. The summed E-state index contributed by atoms with van der Waals surface area (Å²) >= 11 is 0. The van der Waals surface area contributed by atoms with Crippen LogP contribution < -0.4 is 26.1 Å². The number of aromatic nitrogens is 1. The number of fused-ring (bicyclic) bond motifs is 1. The van der Waals surface area contributed by atoms with Gasteiger partial charge in [0.1, 0.15) is 5.82 Å². The van der Waals surface area contributed by atoms with Gasteiger partial charge in [-0.15, -0.1) is 0 Å². The minimum absolute atomic E-state index is 0.00281. The van der Waals surface area contributed by atoms with Crippen LogP contribution in [-0.2, 0) is 16.6 Å². The number of nitrogens with zero attached hydrogens (tertiary/aromatic N) is 5. The number of anilines is 1. The maximum atomic E-state index is 13.1. The Hall–Kier alpha value is -4.03. The maximum absolute atomic E-state index is 13.1. The van der Waals surface area contributed by atoms with Gasteiger partial charge < -0.3 is 30.3 Å². The molecular weight excluding hydrogens is 478 g/mol. The van der Waals surface area contributed by atoms with Gasteiger partial charge in [0.15, 0.2) is 11.5 Å². The lowest BCUT2D eigenvalue weighted by molar-refractivity contribution is -0.133. The number of amides is 2. The molecule has 1 aliphatic heterocycles. The molecule has 1 aromatic carbocycles. The van der Waals surface area contributed by atoms with Crippen molar-refractivity contribution in [2.75, 3.05) is 58.9 Å². The number of rotatable bonds is 10. The molecule has 12 heteroatoms. The van der Waals surface area contributed by atoms with Crippen molar-refractivity contribution >= 4 is 41.3 Å². The van der Waals surface area contributed by atoms with Crippen LogP contribution >= 0.6 is 0 Å². The van der Waals surface area contributed by atoms with E-state index >= 15 is 0 Å². The normalized spacial score (nSPS) is 14.7. The molecule has 1 aromatic heterocycles. The zero-order valence-electron chi connectivity index (χ0n) is 21.4. The molecule has 0 spiro atoms. The van der Waals surface area contributed by atoms with E-state index in [1.54, 1.807) is 25.2 Å². The van der Waals surface area contributed by atoms with Crippen molar-refractivity contribution in [1.82, 2.24) is 14.4 Å². The van der Waals surface area contributed by atoms with E-state index in [0.29, 0.717) is 35.4 Å². The number of carbonyl (C=O) groups excluding carboxylic acids is 2. The molecule has 2 aromatic rings. The summed E-state index contributed by atoms with van der Waals surface area (Å²) in [6, 6.07) is 4.89. The fourth-order valence-corrected chi connectivity index (χ4v) is 3.93. The van der Waals surface area contributed by atoms with Crippen LogP contribution in [0.5, 0.6) is 11.5 Å². The molecule has 0 aliphatic carbocycles. The van der Waals surface area contributed by atoms with Crippen LogP contribution in [0.1, 0.15) is 6.42 Å². The summed E-state index contributed by atoms with van der Waals surface area (Å²) in [6.45, 7) is 6.60. The molecule has 12 nitrogen and oxygen atoms in total. The Morgan fingerprint density at radius 3 is 2.57 bits per heavy atom. The molecule has 0 atom stereocenters. The zero-order valence-corrected chi connectivity index (χ0v) is 21.4. The molecule has 0 bridgehead atoms. The number of hydrogen-bond donors (Lipinski definition) is 2. The summed E-state index contributed by atoms with van der Waals surface area (Å²) in [4.78, 5) is 49.9. The number of likely N-dealkylation sites (N-methyl/N-ethyl adjacent to an activating group) is 1. The number of pyridine rings is 1. The number of methoxy groups -OCH3 is 1. The predicted octanol–water partition coefficient (Wildman–Crippen LogP) is 0.600. The largest absolute Gasteiger partial charge is 0.492 e. The van der Waals surface area contributed by atoms with E-state index in [1.807, 2.05) is 11.9 Å². The molecule has 1 fully saturated rings. The first-order valence-electron chi connectivity index (χ1n) is 11.8. The summed E-state index contributed by atoms with van der Waals surface area (Å²) in [6.07, 6.45) is 2.74. The fourth-order valence-electron chi connectivity index (χ4n) is 3.93. The summed E-state index contributed by atoms with van der Waals surface area (Å²) < 4.78 is 12.8. The second kappa shape index (κ2) is 12.8. The van der Waals surface area contributed by atoms with Gasteiger partial charge in [0, 0.05) is 51.0 Å². The van der Waals surface area contributed by atoms with Gasteiger partial charge in [0.05, 0.1) is 37.8 Å². The van der Waals surface area contributed by atoms with Gasteiger partial charge in [-0.1, -0.05) is 0 Å². The number of nitrogens with one attached hydrogen (secondary N) is 1. The van der Waals surface area contributed by atoms with Crippen molar-refractivity contribution in [2.24, 2.45) is 22.8 Å². The van der Waals surface area contributed by atoms with E-state index < -0.39 is 5.91 Å². The van der Waals surface area contributed by atoms with E-state index in [4.69, 9.17) is 15.2 Å². The standard InChI is InChI=1S/C25H33N7O5/c1-27-14-17(15-28-16-26)24(34)29-21-13-19-18(25(35)31(21)3)5-6-20(23(19)36-4)37-12-7-22(33)32-10-8-30(2)9-11-32/h5-6,13-15H,1,7-12,16,26H2,2-4H3,(H,29,34)/b17-14+,28-15?. The lowest BCUT2D eigenvalue weighted by Crippen LogP contribution is -2.47. The van der Waals surface area contributed by atoms with E-state index in [2.05, 4.69) is 26.9 Å². The van der Waals surface area contributed by atoms with Crippen molar-refractivity contribution in [3.05, 3.63) is 40.3 Å². The van der Waals surface area contributed by atoms with Crippen molar-refractivity contribution in [2.45, 2.75) is 6.42 Å². The molecule has 198 valence electrons. The van der Waals surface area contributed by atoms with Crippen molar-refractivity contribution in [3.63, 3.8) is 0 Å². The Morgan fingerprint density at radius 2 is 1.92 bits per heavy atom. The first kappa shape index (κ1) is 27.6. The summed E-state index contributed by atoms with van der Waals surface area (Å²) in [5.74, 6) is 0.416. The lowest BCUT2D eigenvalue weighted by atomic mass is 10.1. The third-order valence-electron chi connectivity index (χ3n) is 6.04. The number of piperazine rings is 1. The third-order valence-corrected chi connectivity index (χ3v) is 6.04. The number of nitrogens with two attached hydrogens (primary N) is 1. The number of aliphatic imine (C=N–C) groups is 2. The molecule has 2 amide bonds. The second-order valence-electron chi connectivity index (χ2n) is 8.45. The van der Waals surface area contributed by atoms with Crippen LogP contribution in [0.25, 0.3) is 10.8 Å². The van der Waals surface area contributed by atoms with Crippen LogP contribution in [0.4, 0.5) is 5.82 Å². The lowest BCUT2D eigenvalue weighted by Gasteiger charge is -2.32. The Labute approximate surface area is 215 Å². The molecule has 37 heavy (non-hydrogen) atoms. The molecule has 0 unspecified atom stereocenters. The SMILES string of the molecule is C=N/C=C(\C=NCN)C(=O)Nc1cc2c(OC)c(OCCC(=O)N3CCN(C)CC3)ccc2c(=O)n1C. The fraction of sp³-hybridized carbons (Fsp3) is 0.400. The second-order valence-corrected chi connectivity index (χ2v) is 8.45. The number of carbonyl (C=O) groups is 2. The molecule has 1 aliphatic rings. The molecular formula is C25H33N7O5. The van der Waals surface area contributed by atoms with E-state index in [9.17, 15) is 14.4 Å². The van der Waals surface area contributed by atoms with Crippen LogP contribution in [0, 0.1) is 0 Å². The van der Waals surface area contributed by atoms with E-state index in [1.165, 1.54) is 24.1 Å². The van der Waals surface area contributed by atoms with Crippen LogP contribution in [0.3, 0.4) is 0 Å². The number of benzene rings is 1. The van der Waals surface area contributed by atoms with Crippen molar-refractivity contribution < 1.29 is 19.1 Å². The predicted molar refractivity (Wildman–Crippen MR) is 144 cm³/mol. The van der Waals surface area contributed by atoms with Gasteiger partial charge in [0.25, 0.3) is 11.5 Å². The molecule has 2 heterocycles. The Morgan fingerprint density at radius 1 is 1.19 bits per heavy atom. The average Bonchev–Trinajstić information content (AvgIpc) is 2.89. The van der Waals surface area contributed by atoms with E-state index in [0.717, 1.165) is 13.1 Å². The minimum atomic E-state index is -0.548. The quantitative estimate of drug-likeness (QED) is 0.351. The topological polar surface area (TPSA) is 144 Å². The molecule has 0 radical (unpaired) electrons. The van der Waals surface area contributed by atoms with Gasteiger partial charge in [0.2, 0.25) is 5.91 Å². The highest BCUT2D eigenvalue weighted by atomic mass is 16.5. The van der Waals surface area contributed by atoms with Gasteiger partial charge in [-0.25, -0.2) is 0 Å². The zero-order chi connectivity index (χ0) is 26.9. The monoisotopic (exact) mass is 511 g/mol. The highest BCUT2D eigenvalue weighted by Crippen LogP contribution is 2.35. The van der Waals surface area contributed by atoms with Crippen molar-refractivity contribution in [3.8, 4) is 11.5 Å². The van der Waals surface area contributed by atoms with Crippen LogP contribution in [-0.4, -0.2) is 92.7 Å². The first-order valence-corrected chi connectivity index (χ1v) is 11.8. The third kappa shape index (κ3) is 6.60. The highest BCUT2D eigenvalue weighted by molar-refractivity contribution is 6.17. The number of ether oxygens (including phenoxy) is 2. The van der Waals surface area contributed by atoms with Crippen LogP contribution in [0.2, 0.25) is 0 Å². The Balaban J connectivity index is 1.84. The van der Waals surface area contributed by atoms with Gasteiger partial charge >= 0.3 is 0 Å². The van der Waals surface area contributed by atoms with Gasteiger partial charge in [-0.3, -0.25) is 28.9 Å². The molecule has 0 saturated carbocycles. The van der Waals surface area contributed by atoms with Crippen LogP contribution in [0.15, 0.2) is 44.8 Å². The summed E-state index contributed by atoms with van der Waals surface area (Å²) in [7, 11) is 5.04. The maximum Gasteiger partial charge on any atom is 0.259 e. The minimum Gasteiger partial charge on any atom is -0.492 e. The Kier molecular flexibility index (Phi) is 9.52. The molecule has 3 rings (SSSR count).